The molecule has 0 bridgehead atoms. The lowest BCUT2D eigenvalue weighted by Crippen LogP contribution is -2.58. The summed E-state index contributed by atoms with van der Waals surface area (Å²) in [5, 5.41) is 35.5. The molecule has 0 fully saturated rings. The molecule has 0 radical (unpaired) electrons. The summed E-state index contributed by atoms with van der Waals surface area (Å²) < 4.78 is 0. The van der Waals surface area contributed by atoms with Crippen molar-refractivity contribution in [2.24, 2.45) is 5.73 Å². The van der Waals surface area contributed by atoms with Gasteiger partial charge in [-0.2, -0.15) is 12.6 Å². The van der Waals surface area contributed by atoms with Gasteiger partial charge in [0.15, 0.2) is 0 Å². The van der Waals surface area contributed by atoms with E-state index in [0.29, 0.717) is 5.56 Å². The van der Waals surface area contributed by atoms with Crippen LogP contribution in [0, 0.1) is 0 Å². The molecule has 0 aliphatic carbocycles. The Morgan fingerprint density at radius 2 is 1.56 bits per heavy atom. The first-order valence-electron chi connectivity index (χ1n) is 10.9. The SMILES string of the molecule is NC(CCC(=O)O)C(=O)NC(CO)C(=O)NC(CS)C(=O)NC(Cc1c[nH]c2ccccc12)C(=O)O. The normalized spacial score (nSPS) is 14.3. The summed E-state index contributed by atoms with van der Waals surface area (Å²) in [4.78, 5) is 62.8. The van der Waals surface area contributed by atoms with Crippen molar-refractivity contribution in [1.82, 2.24) is 20.9 Å². The second-order valence-electron chi connectivity index (χ2n) is 7.99. The number of amides is 3. The van der Waals surface area contributed by atoms with Crippen LogP contribution in [-0.2, 0) is 30.4 Å². The van der Waals surface area contributed by atoms with Gasteiger partial charge in [0.1, 0.15) is 18.1 Å². The molecule has 0 aliphatic rings. The molecule has 0 saturated heterocycles. The molecule has 0 spiro atoms. The van der Waals surface area contributed by atoms with Crippen molar-refractivity contribution >= 4 is 53.2 Å². The second-order valence-corrected chi connectivity index (χ2v) is 8.35. The number of aromatic amines is 1. The zero-order valence-corrected chi connectivity index (χ0v) is 20.0. The minimum atomic E-state index is -1.48. The number of nitrogens with two attached hydrogens (primary N) is 1. The molecular formula is C22H29N5O8S. The third-order valence-electron chi connectivity index (χ3n) is 5.35. The molecule has 1 aromatic heterocycles. The zero-order valence-electron chi connectivity index (χ0n) is 19.1. The first-order valence-corrected chi connectivity index (χ1v) is 11.6. The van der Waals surface area contributed by atoms with E-state index in [1.165, 1.54) is 0 Å². The molecule has 4 atom stereocenters. The molecule has 2 rings (SSSR count). The summed E-state index contributed by atoms with van der Waals surface area (Å²) in [6, 6.07) is 1.97. The Balaban J connectivity index is 2.01. The summed E-state index contributed by atoms with van der Waals surface area (Å²) in [5.41, 5.74) is 7.08. The van der Waals surface area contributed by atoms with Gasteiger partial charge in [-0.05, 0) is 18.1 Å². The fourth-order valence-corrected chi connectivity index (χ4v) is 3.60. The van der Waals surface area contributed by atoms with Crippen molar-refractivity contribution in [3.8, 4) is 0 Å². The maximum absolute atomic E-state index is 12.7. The van der Waals surface area contributed by atoms with Crippen molar-refractivity contribution in [2.75, 3.05) is 12.4 Å². The number of hydrogen-bond acceptors (Lipinski definition) is 8. The molecule has 4 unspecified atom stereocenters. The lowest BCUT2D eigenvalue weighted by atomic mass is 10.0. The first-order chi connectivity index (χ1) is 17.1. The van der Waals surface area contributed by atoms with E-state index in [1.807, 2.05) is 18.2 Å². The van der Waals surface area contributed by atoms with Crippen molar-refractivity contribution in [3.63, 3.8) is 0 Å². The third-order valence-corrected chi connectivity index (χ3v) is 5.72. The van der Waals surface area contributed by atoms with Crippen LogP contribution in [0.2, 0.25) is 0 Å². The number of aliphatic carboxylic acids is 2. The van der Waals surface area contributed by atoms with Gasteiger partial charge in [-0.25, -0.2) is 4.79 Å². The third kappa shape index (κ3) is 7.96. The lowest BCUT2D eigenvalue weighted by molar-refractivity contribution is -0.142. The Morgan fingerprint density at radius 3 is 2.17 bits per heavy atom. The number of aromatic nitrogens is 1. The van der Waals surface area contributed by atoms with Crippen molar-refractivity contribution < 1.29 is 39.3 Å². The Labute approximate surface area is 211 Å². The number of benzene rings is 1. The molecule has 3 amide bonds. The van der Waals surface area contributed by atoms with Crippen molar-refractivity contribution in [3.05, 3.63) is 36.0 Å². The van der Waals surface area contributed by atoms with Gasteiger partial charge in [0.25, 0.3) is 0 Å². The van der Waals surface area contributed by atoms with Crippen LogP contribution in [0.15, 0.2) is 30.5 Å². The van der Waals surface area contributed by atoms with Crippen LogP contribution in [0.1, 0.15) is 18.4 Å². The van der Waals surface area contributed by atoms with Crippen LogP contribution in [0.25, 0.3) is 10.9 Å². The van der Waals surface area contributed by atoms with Gasteiger partial charge in [-0.1, -0.05) is 18.2 Å². The monoisotopic (exact) mass is 523 g/mol. The van der Waals surface area contributed by atoms with Gasteiger partial charge < -0.3 is 42.0 Å². The van der Waals surface area contributed by atoms with Crippen molar-refractivity contribution in [2.45, 2.75) is 43.4 Å². The number of thiol groups is 1. The fourth-order valence-electron chi connectivity index (χ4n) is 3.34. The van der Waals surface area contributed by atoms with E-state index in [9.17, 15) is 34.2 Å². The summed E-state index contributed by atoms with van der Waals surface area (Å²) in [6.45, 7) is -0.831. The summed E-state index contributed by atoms with van der Waals surface area (Å²) in [5.74, 6) is -5.26. The highest BCUT2D eigenvalue weighted by Crippen LogP contribution is 2.19. The summed E-state index contributed by atoms with van der Waals surface area (Å²) in [7, 11) is 0. The average Bonchev–Trinajstić information content (AvgIpc) is 3.26. The van der Waals surface area contributed by atoms with Crippen LogP contribution in [0.3, 0.4) is 0 Å². The van der Waals surface area contributed by atoms with Gasteiger partial charge in [-0.15, -0.1) is 0 Å². The topological polar surface area (TPSA) is 224 Å². The highest BCUT2D eigenvalue weighted by atomic mass is 32.1. The van der Waals surface area contributed by atoms with Gasteiger partial charge in [0.2, 0.25) is 17.7 Å². The van der Waals surface area contributed by atoms with E-state index >= 15 is 0 Å². The molecule has 1 heterocycles. The number of carbonyl (C=O) groups is 5. The molecule has 0 saturated carbocycles. The lowest BCUT2D eigenvalue weighted by Gasteiger charge is -2.23. The van der Waals surface area contributed by atoms with Crippen LogP contribution in [-0.4, -0.2) is 86.5 Å². The number of fused-ring (bicyclic) bond motifs is 1. The largest absolute Gasteiger partial charge is 0.481 e. The standard InChI is InChI=1S/C22H29N5O8S/c23-13(5-6-18(29)30)19(31)26-16(9-28)20(32)27-17(10-36)21(33)25-15(22(34)35)7-11-8-24-14-4-2-1-3-12(11)14/h1-4,8,13,15-17,24,28,36H,5-7,9-10,23H2,(H,25,33)(H,26,31)(H,27,32)(H,29,30)(H,34,35). The number of nitrogens with one attached hydrogen (secondary N) is 4. The smallest absolute Gasteiger partial charge is 0.326 e. The molecule has 0 aliphatic heterocycles. The second kappa shape index (κ2) is 13.5. The first kappa shape index (κ1) is 28.6. The molecule has 196 valence electrons. The van der Waals surface area contributed by atoms with E-state index in [0.717, 1.165) is 10.9 Å². The molecular weight excluding hydrogens is 494 g/mol. The maximum Gasteiger partial charge on any atom is 0.326 e. The molecule has 2 aromatic rings. The fraction of sp³-hybridized carbons (Fsp3) is 0.409. The van der Waals surface area contributed by atoms with Gasteiger partial charge in [-0.3, -0.25) is 19.2 Å². The van der Waals surface area contributed by atoms with E-state index in [4.69, 9.17) is 10.8 Å². The molecule has 36 heavy (non-hydrogen) atoms. The average molecular weight is 524 g/mol. The number of carbonyl (C=O) groups excluding carboxylic acids is 3. The van der Waals surface area contributed by atoms with Gasteiger partial charge in [0, 0.05) is 35.7 Å². The quantitative estimate of drug-likeness (QED) is 0.129. The number of rotatable bonds is 14. The Kier molecular flexibility index (Phi) is 10.7. The van der Waals surface area contributed by atoms with E-state index in [2.05, 4.69) is 33.6 Å². The summed E-state index contributed by atoms with van der Waals surface area (Å²) >= 11 is 4.03. The number of aliphatic hydroxyl groups is 1. The van der Waals surface area contributed by atoms with Gasteiger partial charge >= 0.3 is 11.9 Å². The number of carboxylic acids is 2. The number of H-pyrrole nitrogens is 1. The highest BCUT2D eigenvalue weighted by Gasteiger charge is 2.30. The van der Waals surface area contributed by atoms with Crippen LogP contribution < -0.4 is 21.7 Å². The minimum Gasteiger partial charge on any atom is -0.481 e. The predicted octanol–water partition coefficient (Wildman–Crippen LogP) is -1.64. The van der Waals surface area contributed by atoms with Crippen LogP contribution >= 0.6 is 12.6 Å². The van der Waals surface area contributed by atoms with E-state index in [1.54, 1.807) is 12.3 Å². The van der Waals surface area contributed by atoms with Crippen LogP contribution in [0.4, 0.5) is 0 Å². The van der Waals surface area contributed by atoms with Gasteiger partial charge in [0.05, 0.1) is 12.6 Å². The molecule has 13 nitrogen and oxygen atoms in total. The zero-order chi connectivity index (χ0) is 26.8. The van der Waals surface area contributed by atoms with Crippen LogP contribution in [0.5, 0.6) is 0 Å². The summed E-state index contributed by atoms with van der Waals surface area (Å²) in [6.07, 6.45) is 1.08. The number of aliphatic hydroxyl groups excluding tert-OH is 1. The number of para-hydroxylation sites is 1. The Bertz CT molecular complexity index is 1110. The minimum absolute atomic E-state index is 0.0259. The number of carboxylic acid groups (broad SMARTS) is 2. The van der Waals surface area contributed by atoms with Crippen molar-refractivity contribution in [1.29, 1.82) is 0 Å². The molecule has 14 heteroatoms. The molecule has 9 N–H and O–H groups in total. The maximum atomic E-state index is 12.7. The highest BCUT2D eigenvalue weighted by molar-refractivity contribution is 7.80. The number of hydrogen-bond donors (Lipinski definition) is 9. The Morgan fingerprint density at radius 1 is 0.944 bits per heavy atom. The Hall–Kier alpha value is -3.62. The van der Waals surface area contributed by atoms with E-state index < -0.39 is 60.4 Å². The predicted molar refractivity (Wildman–Crippen MR) is 131 cm³/mol. The van der Waals surface area contributed by atoms with E-state index in [-0.39, 0.29) is 25.0 Å². The molecule has 1 aromatic carbocycles.